The molecule has 3 nitrogen and oxygen atoms in total. The Morgan fingerprint density at radius 2 is 0.681 bits per heavy atom. The van der Waals surface area contributed by atoms with Crippen molar-refractivity contribution in [2.24, 2.45) is 0 Å². The van der Waals surface area contributed by atoms with Gasteiger partial charge in [0.1, 0.15) is 0 Å². The van der Waals surface area contributed by atoms with Gasteiger partial charge in [-0.05, 0) is 137 Å². The average Bonchev–Trinajstić information content (AvgIpc) is 3.76. The molecule has 2 aromatic heterocycles. The first-order chi connectivity index (χ1) is 34.2. The van der Waals surface area contributed by atoms with Crippen molar-refractivity contribution in [1.29, 1.82) is 0 Å². The van der Waals surface area contributed by atoms with E-state index in [0.29, 0.717) is 0 Å². The van der Waals surface area contributed by atoms with Crippen LogP contribution in [0.4, 0.5) is 0 Å². The molecule has 0 aliphatic carbocycles. The largest absolute Gasteiger partial charge is 0.309 e. The maximum atomic E-state index is 5.28. The summed E-state index contributed by atoms with van der Waals surface area (Å²) >= 11 is 0. The number of aromatic nitrogens is 3. The lowest BCUT2D eigenvalue weighted by molar-refractivity contribution is 1.18. The Labute approximate surface area is 398 Å². The van der Waals surface area contributed by atoms with E-state index >= 15 is 0 Å². The lowest BCUT2D eigenvalue weighted by Gasteiger charge is -2.12. The molecule has 0 fully saturated rings. The number of hydrogen-bond donors (Lipinski definition) is 0. The van der Waals surface area contributed by atoms with Crippen LogP contribution in [0.5, 0.6) is 0 Å². The van der Waals surface area contributed by atoms with Crippen molar-refractivity contribution in [3.05, 3.63) is 249 Å². The van der Waals surface area contributed by atoms with Gasteiger partial charge in [-0.1, -0.05) is 182 Å². The molecule has 0 saturated carbocycles. The number of hydrogen-bond acceptors (Lipinski definition) is 2. The highest BCUT2D eigenvalue weighted by atomic mass is 15.0. The van der Waals surface area contributed by atoms with Crippen LogP contribution in [0.25, 0.3) is 137 Å². The molecule has 320 valence electrons. The Hall–Kier alpha value is -9.18. The molecular weight excluding hydrogens is 835 g/mol. The van der Waals surface area contributed by atoms with Crippen molar-refractivity contribution >= 4 is 75.9 Å². The summed E-state index contributed by atoms with van der Waals surface area (Å²) in [4.78, 5) is 10.3. The molecule has 0 amide bonds. The van der Waals surface area contributed by atoms with Crippen LogP contribution in [0.3, 0.4) is 0 Å². The molecule has 14 rings (SSSR count). The maximum Gasteiger partial charge on any atom is 0.0979 e. The maximum absolute atomic E-state index is 5.28. The van der Waals surface area contributed by atoms with E-state index in [0.717, 1.165) is 61.0 Å². The summed E-state index contributed by atoms with van der Waals surface area (Å²) in [5, 5.41) is 12.1. The van der Waals surface area contributed by atoms with E-state index in [2.05, 4.69) is 247 Å². The Balaban J connectivity index is 0.831. The highest BCUT2D eigenvalue weighted by Gasteiger charge is 2.17. The Morgan fingerprint density at radius 1 is 0.261 bits per heavy atom. The Bertz CT molecular complexity index is 4200. The van der Waals surface area contributed by atoms with E-state index in [9.17, 15) is 0 Å². The van der Waals surface area contributed by atoms with Crippen molar-refractivity contribution in [2.75, 3.05) is 0 Å². The zero-order valence-electron chi connectivity index (χ0n) is 37.5. The second-order valence-electron chi connectivity index (χ2n) is 18.2. The molecular formula is C66H41N3. The molecule has 0 saturated heterocycles. The molecule has 0 spiro atoms. The molecule has 0 atom stereocenters. The monoisotopic (exact) mass is 875 g/mol. The van der Waals surface area contributed by atoms with Gasteiger partial charge in [-0.2, -0.15) is 0 Å². The summed E-state index contributed by atoms with van der Waals surface area (Å²) in [6.07, 6.45) is 1.92. The second-order valence-corrected chi connectivity index (χ2v) is 18.2. The molecule has 0 radical (unpaired) electrons. The van der Waals surface area contributed by atoms with Crippen LogP contribution in [-0.2, 0) is 0 Å². The fraction of sp³-hybridized carbons (Fsp3) is 0. The van der Waals surface area contributed by atoms with Crippen molar-refractivity contribution in [3.63, 3.8) is 0 Å². The van der Waals surface area contributed by atoms with Crippen LogP contribution in [0.1, 0.15) is 0 Å². The normalized spacial score (nSPS) is 11.8. The van der Waals surface area contributed by atoms with E-state index in [1.807, 2.05) is 6.20 Å². The van der Waals surface area contributed by atoms with Gasteiger partial charge in [-0.25, -0.2) is 4.98 Å². The fourth-order valence-electron chi connectivity index (χ4n) is 10.7. The SMILES string of the molecule is c1cc(-c2ccc(-n3c4ccc(-c5ccc6ccccc6c5)cc4c4cc(-c5ccc6ccccc6c5)ccc43)cc2)cc(-c2cccc(-c3cnc4c5ccccc5c5ccccc5c4n3)c2)c1. The molecule has 0 unspecified atom stereocenters. The number of fused-ring (bicyclic) bond motifs is 11. The van der Waals surface area contributed by atoms with Crippen LogP contribution in [-0.4, -0.2) is 14.5 Å². The van der Waals surface area contributed by atoms with E-state index < -0.39 is 0 Å². The highest BCUT2D eigenvalue weighted by Crippen LogP contribution is 2.40. The van der Waals surface area contributed by atoms with Gasteiger partial charge in [0.2, 0.25) is 0 Å². The molecule has 0 bridgehead atoms. The lowest BCUT2D eigenvalue weighted by Crippen LogP contribution is -1.94. The third kappa shape index (κ3) is 6.58. The molecule has 0 aliphatic heterocycles. The molecule has 0 aliphatic rings. The van der Waals surface area contributed by atoms with E-state index in [4.69, 9.17) is 9.97 Å². The molecule has 14 aromatic rings. The predicted molar refractivity (Wildman–Crippen MR) is 291 cm³/mol. The summed E-state index contributed by atoms with van der Waals surface area (Å²) in [7, 11) is 0. The zero-order valence-corrected chi connectivity index (χ0v) is 37.5. The average molecular weight is 876 g/mol. The summed E-state index contributed by atoms with van der Waals surface area (Å²) in [5.74, 6) is 0. The Morgan fingerprint density at radius 3 is 1.26 bits per heavy atom. The first-order valence-electron chi connectivity index (χ1n) is 23.6. The van der Waals surface area contributed by atoms with E-state index in [-0.39, 0.29) is 0 Å². The van der Waals surface area contributed by atoms with Crippen LogP contribution in [0.2, 0.25) is 0 Å². The van der Waals surface area contributed by atoms with Gasteiger partial charge in [-0.15, -0.1) is 0 Å². The number of rotatable bonds is 6. The zero-order chi connectivity index (χ0) is 45.4. The second kappa shape index (κ2) is 15.7. The summed E-state index contributed by atoms with van der Waals surface area (Å²) < 4.78 is 2.42. The minimum Gasteiger partial charge on any atom is -0.309 e. The van der Waals surface area contributed by atoms with E-state index in [1.54, 1.807) is 0 Å². The summed E-state index contributed by atoms with van der Waals surface area (Å²) in [6.45, 7) is 0. The van der Waals surface area contributed by atoms with Crippen LogP contribution >= 0.6 is 0 Å². The molecule has 69 heavy (non-hydrogen) atoms. The predicted octanol–water partition coefficient (Wildman–Crippen LogP) is 17.7. The van der Waals surface area contributed by atoms with Crippen molar-refractivity contribution < 1.29 is 0 Å². The standard InChI is InChI=1S/C66H41N3/c1-3-13-45-36-50(25-23-42(45)11-1)52-29-33-63-60(39-52)61-40-53(51-26-24-43-12-2-4-14-46(43)37-51)30-34-64(61)69(63)55-31-27-44(28-32-55)47-15-9-16-48(35-47)49-17-10-18-54(38-49)62-41-67-65-58-21-7-5-19-56(58)57-20-6-8-22-59(57)66(65)68-62/h1-41H. The van der Waals surface area contributed by atoms with Crippen molar-refractivity contribution in [2.45, 2.75) is 0 Å². The lowest BCUT2D eigenvalue weighted by atomic mass is 9.97. The summed E-state index contributed by atoms with van der Waals surface area (Å²) in [5.41, 5.74) is 16.7. The third-order valence-corrected chi connectivity index (χ3v) is 14.2. The van der Waals surface area contributed by atoms with Gasteiger partial charge < -0.3 is 4.57 Å². The molecule has 0 N–H and O–H groups in total. The summed E-state index contributed by atoms with van der Waals surface area (Å²) in [6, 6.07) is 88.3. The van der Waals surface area contributed by atoms with Gasteiger partial charge in [0, 0.05) is 32.8 Å². The van der Waals surface area contributed by atoms with Gasteiger partial charge >= 0.3 is 0 Å². The Kier molecular flexibility index (Phi) is 8.90. The van der Waals surface area contributed by atoms with Crippen LogP contribution in [0.15, 0.2) is 249 Å². The van der Waals surface area contributed by atoms with Crippen LogP contribution in [0, 0.1) is 0 Å². The van der Waals surface area contributed by atoms with Gasteiger partial charge in [0.25, 0.3) is 0 Å². The first-order valence-corrected chi connectivity index (χ1v) is 23.6. The third-order valence-electron chi connectivity index (χ3n) is 14.2. The minimum atomic E-state index is 0.858. The van der Waals surface area contributed by atoms with E-state index in [1.165, 1.54) is 76.4 Å². The van der Waals surface area contributed by atoms with Gasteiger partial charge in [0.15, 0.2) is 0 Å². The number of nitrogens with zero attached hydrogens (tertiary/aromatic N) is 3. The smallest absolute Gasteiger partial charge is 0.0979 e. The first kappa shape index (κ1) is 39.0. The molecule has 3 heteroatoms. The molecule has 12 aromatic carbocycles. The molecule has 2 heterocycles. The minimum absolute atomic E-state index is 0.858. The quantitative estimate of drug-likeness (QED) is 0.156. The number of benzene rings is 12. The van der Waals surface area contributed by atoms with Crippen molar-refractivity contribution in [1.82, 2.24) is 14.5 Å². The topological polar surface area (TPSA) is 30.7 Å². The van der Waals surface area contributed by atoms with Crippen LogP contribution < -0.4 is 0 Å². The fourth-order valence-corrected chi connectivity index (χ4v) is 10.7. The van der Waals surface area contributed by atoms with Gasteiger partial charge in [0.05, 0.1) is 34.0 Å². The van der Waals surface area contributed by atoms with Gasteiger partial charge in [-0.3, -0.25) is 4.98 Å². The van der Waals surface area contributed by atoms with Crippen molar-refractivity contribution in [3.8, 4) is 61.5 Å². The highest BCUT2D eigenvalue weighted by molar-refractivity contribution is 6.23.